The standard InChI is InChI=1S/C27H33N7O3/c35-24(32-13-15-33(16-14-32)27(36)22-4-3-17-37-22)19-29-26-25(30-23-18-28-9-12-34(23)26)20-5-7-21(8-6-20)31-10-1-2-11-31/h5-9,12,18,22,29H,1-4,10-11,13-17,19H2. The summed E-state index contributed by atoms with van der Waals surface area (Å²) in [5.74, 6) is 0.831. The van der Waals surface area contributed by atoms with Crippen LogP contribution in [0.2, 0.25) is 0 Å². The molecule has 0 saturated carbocycles. The predicted molar refractivity (Wildman–Crippen MR) is 140 cm³/mol. The van der Waals surface area contributed by atoms with Crippen molar-refractivity contribution in [3.05, 3.63) is 42.9 Å². The van der Waals surface area contributed by atoms with Gasteiger partial charge in [-0.25, -0.2) is 4.98 Å². The molecule has 0 spiro atoms. The van der Waals surface area contributed by atoms with Crippen molar-refractivity contribution in [2.45, 2.75) is 31.8 Å². The molecule has 0 bridgehead atoms. The van der Waals surface area contributed by atoms with Crippen LogP contribution in [0.5, 0.6) is 0 Å². The smallest absolute Gasteiger partial charge is 0.251 e. The van der Waals surface area contributed by atoms with Gasteiger partial charge in [0.15, 0.2) is 5.65 Å². The summed E-state index contributed by atoms with van der Waals surface area (Å²) < 4.78 is 7.47. The Morgan fingerprint density at radius 1 is 0.973 bits per heavy atom. The Morgan fingerprint density at radius 3 is 2.46 bits per heavy atom. The number of nitrogens with one attached hydrogen (secondary N) is 1. The highest BCUT2D eigenvalue weighted by atomic mass is 16.5. The Hall–Kier alpha value is -3.66. The fourth-order valence-corrected chi connectivity index (χ4v) is 5.51. The Bertz CT molecular complexity index is 1250. The molecule has 5 heterocycles. The van der Waals surface area contributed by atoms with E-state index in [4.69, 9.17) is 9.72 Å². The number of imidazole rings is 1. The largest absolute Gasteiger partial charge is 0.372 e. The number of amides is 2. The second-order valence-electron chi connectivity index (χ2n) is 9.92. The molecule has 3 aliphatic rings. The first-order valence-corrected chi connectivity index (χ1v) is 13.3. The zero-order valence-corrected chi connectivity index (χ0v) is 21.0. The summed E-state index contributed by atoms with van der Waals surface area (Å²) in [6.45, 7) is 5.15. The van der Waals surface area contributed by atoms with Crippen LogP contribution in [-0.4, -0.2) is 94.5 Å². The van der Waals surface area contributed by atoms with Crippen molar-refractivity contribution >= 4 is 29.0 Å². The van der Waals surface area contributed by atoms with Gasteiger partial charge in [0.05, 0.1) is 12.7 Å². The summed E-state index contributed by atoms with van der Waals surface area (Å²) in [5.41, 5.74) is 3.73. The molecule has 1 N–H and O–H groups in total. The van der Waals surface area contributed by atoms with E-state index in [9.17, 15) is 9.59 Å². The average Bonchev–Trinajstić information content (AvgIpc) is 3.73. The Balaban J connectivity index is 1.13. The van der Waals surface area contributed by atoms with Gasteiger partial charge in [0.2, 0.25) is 5.91 Å². The summed E-state index contributed by atoms with van der Waals surface area (Å²) in [6, 6.07) is 8.49. The minimum atomic E-state index is -0.309. The molecule has 1 aromatic carbocycles. The molecule has 3 aliphatic heterocycles. The fraction of sp³-hybridized carbons (Fsp3) is 0.481. The Labute approximate surface area is 216 Å². The van der Waals surface area contributed by atoms with E-state index >= 15 is 0 Å². The summed E-state index contributed by atoms with van der Waals surface area (Å²) in [5, 5.41) is 3.35. The van der Waals surface area contributed by atoms with E-state index in [-0.39, 0.29) is 24.5 Å². The molecule has 2 amide bonds. The molecule has 37 heavy (non-hydrogen) atoms. The zero-order chi connectivity index (χ0) is 25.2. The number of fused-ring (bicyclic) bond motifs is 1. The number of hydrogen-bond acceptors (Lipinski definition) is 7. The zero-order valence-electron chi connectivity index (χ0n) is 21.0. The quantitative estimate of drug-likeness (QED) is 0.551. The molecule has 3 aromatic rings. The maximum atomic E-state index is 13.1. The molecule has 194 valence electrons. The number of ether oxygens (including phenoxy) is 1. The van der Waals surface area contributed by atoms with Gasteiger partial charge < -0.3 is 24.8 Å². The third-order valence-corrected chi connectivity index (χ3v) is 7.60. The van der Waals surface area contributed by atoms with Crippen LogP contribution in [0.3, 0.4) is 0 Å². The van der Waals surface area contributed by atoms with Crippen LogP contribution in [0.15, 0.2) is 42.9 Å². The van der Waals surface area contributed by atoms with Gasteiger partial charge in [-0.2, -0.15) is 0 Å². The van der Waals surface area contributed by atoms with Crippen molar-refractivity contribution in [2.24, 2.45) is 0 Å². The molecule has 1 unspecified atom stereocenters. The maximum absolute atomic E-state index is 13.1. The van der Waals surface area contributed by atoms with Crippen LogP contribution in [0.4, 0.5) is 11.5 Å². The second kappa shape index (κ2) is 10.4. The number of carbonyl (C=O) groups excluding carboxylic acids is 2. The van der Waals surface area contributed by atoms with Gasteiger partial charge in [-0.1, -0.05) is 12.1 Å². The second-order valence-corrected chi connectivity index (χ2v) is 9.92. The van der Waals surface area contributed by atoms with Gasteiger partial charge in [0.1, 0.15) is 17.6 Å². The summed E-state index contributed by atoms with van der Waals surface area (Å²) >= 11 is 0. The lowest BCUT2D eigenvalue weighted by Crippen LogP contribution is -2.53. The first-order valence-electron chi connectivity index (χ1n) is 13.3. The van der Waals surface area contributed by atoms with E-state index in [1.54, 1.807) is 12.4 Å². The van der Waals surface area contributed by atoms with E-state index < -0.39 is 0 Å². The number of carbonyl (C=O) groups is 2. The predicted octanol–water partition coefficient (Wildman–Crippen LogP) is 2.26. The van der Waals surface area contributed by atoms with Gasteiger partial charge in [0.25, 0.3) is 5.91 Å². The van der Waals surface area contributed by atoms with E-state index in [2.05, 4.69) is 39.5 Å². The highest BCUT2D eigenvalue weighted by Crippen LogP contribution is 2.31. The molecule has 1 atom stereocenters. The lowest BCUT2D eigenvalue weighted by Gasteiger charge is -2.35. The first-order chi connectivity index (χ1) is 18.2. The number of anilines is 2. The molecule has 3 saturated heterocycles. The van der Waals surface area contributed by atoms with E-state index in [1.807, 2.05) is 20.4 Å². The molecular weight excluding hydrogens is 470 g/mol. The monoisotopic (exact) mass is 503 g/mol. The Morgan fingerprint density at radius 2 is 1.73 bits per heavy atom. The SMILES string of the molecule is O=C(CNc1c(-c2ccc(N3CCCC3)cc2)nc2cnccn12)N1CCN(C(=O)C2CCCO2)CC1. The van der Waals surface area contributed by atoms with Crippen LogP contribution in [0.1, 0.15) is 25.7 Å². The van der Waals surface area contributed by atoms with E-state index in [1.165, 1.54) is 18.5 Å². The molecule has 0 radical (unpaired) electrons. The van der Waals surface area contributed by atoms with Crippen LogP contribution >= 0.6 is 0 Å². The lowest BCUT2D eigenvalue weighted by molar-refractivity contribution is -0.145. The van der Waals surface area contributed by atoms with Crippen LogP contribution in [-0.2, 0) is 14.3 Å². The molecule has 6 rings (SSSR count). The Kier molecular flexibility index (Phi) is 6.65. The van der Waals surface area contributed by atoms with E-state index in [0.29, 0.717) is 32.8 Å². The van der Waals surface area contributed by atoms with Crippen molar-refractivity contribution in [2.75, 3.05) is 62.6 Å². The minimum absolute atomic E-state index is 0.00329. The van der Waals surface area contributed by atoms with Crippen molar-refractivity contribution in [3.8, 4) is 11.3 Å². The fourth-order valence-electron chi connectivity index (χ4n) is 5.51. The number of rotatable bonds is 6. The highest BCUT2D eigenvalue weighted by Gasteiger charge is 2.31. The molecular formula is C27H33N7O3. The molecule has 10 nitrogen and oxygen atoms in total. The van der Waals surface area contributed by atoms with Crippen molar-refractivity contribution in [3.63, 3.8) is 0 Å². The first kappa shape index (κ1) is 23.7. The van der Waals surface area contributed by atoms with Gasteiger partial charge in [-0.05, 0) is 37.8 Å². The van der Waals surface area contributed by atoms with Crippen molar-refractivity contribution in [1.82, 2.24) is 24.2 Å². The van der Waals surface area contributed by atoms with Crippen LogP contribution in [0.25, 0.3) is 16.9 Å². The molecule has 2 aromatic heterocycles. The van der Waals surface area contributed by atoms with Gasteiger partial charge in [-0.3, -0.25) is 19.0 Å². The third-order valence-electron chi connectivity index (χ3n) is 7.60. The van der Waals surface area contributed by atoms with Crippen LogP contribution < -0.4 is 10.2 Å². The van der Waals surface area contributed by atoms with Gasteiger partial charge in [-0.15, -0.1) is 0 Å². The maximum Gasteiger partial charge on any atom is 0.251 e. The summed E-state index contributed by atoms with van der Waals surface area (Å²) in [6.07, 6.45) is 9.19. The van der Waals surface area contributed by atoms with Gasteiger partial charge >= 0.3 is 0 Å². The number of nitrogens with zero attached hydrogens (tertiary/aromatic N) is 6. The normalized spacial score (nSPS) is 20.1. The molecule has 0 aliphatic carbocycles. The highest BCUT2D eigenvalue weighted by molar-refractivity contribution is 5.85. The number of hydrogen-bond donors (Lipinski definition) is 1. The van der Waals surface area contributed by atoms with Gasteiger partial charge in [0, 0.05) is 69.5 Å². The number of aromatic nitrogens is 3. The number of benzene rings is 1. The van der Waals surface area contributed by atoms with E-state index in [0.717, 1.165) is 48.7 Å². The molecule has 3 fully saturated rings. The van der Waals surface area contributed by atoms with Crippen LogP contribution in [0, 0.1) is 0 Å². The third kappa shape index (κ3) is 4.85. The topological polar surface area (TPSA) is 95.3 Å². The average molecular weight is 504 g/mol. The lowest BCUT2D eigenvalue weighted by atomic mass is 10.1. The van der Waals surface area contributed by atoms with Crippen molar-refractivity contribution in [1.29, 1.82) is 0 Å². The van der Waals surface area contributed by atoms with Crippen molar-refractivity contribution < 1.29 is 14.3 Å². The summed E-state index contributed by atoms with van der Waals surface area (Å²) in [4.78, 5) is 40.8. The summed E-state index contributed by atoms with van der Waals surface area (Å²) in [7, 11) is 0. The number of piperazine rings is 1. The molecule has 10 heteroatoms. The minimum Gasteiger partial charge on any atom is -0.372 e.